The molecule has 0 spiro atoms. The van der Waals surface area contributed by atoms with Crippen LogP contribution >= 0.6 is 0 Å². The molecule has 0 saturated carbocycles. The minimum Gasteiger partial charge on any atom is -0.493 e. The Hall–Kier alpha value is -2.72. The first-order valence-electron chi connectivity index (χ1n) is 8.81. The Balaban J connectivity index is 1.31. The van der Waals surface area contributed by atoms with Crippen LogP contribution in [-0.2, 0) is 0 Å². The molecular weight excluding hydrogens is 333 g/mol. The Kier molecular flexibility index (Phi) is 4.67. The summed E-state index contributed by atoms with van der Waals surface area (Å²) in [5.74, 6) is 1.47. The van der Waals surface area contributed by atoms with Gasteiger partial charge in [-0.15, -0.1) is 0 Å². The quantitative estimate of drug-likeness (QED) is 0.838. The molecule has 2 fully saturated rings. The number of nitrogens with zero attached hydrogens (tertiary/aromatic N) is 5. The zero-order valence-corrected chi connectivity index (χ0v) is 14.4. The van der Waals surface area contributed by atoms with Crippen molar-refractivity contribution in [2.75, 3.05) is 37.7 Å². The number of fused-ring (bicyclic) bond motifs is 1. The third-order valence-corrected chi connectivity index (χ3v) is 5.06. The minimum absolute atomic E-state index is 0.409. The molecular formula is C19H20FN5O. The molecule has 2 atom stereocenters. The molecule has 1 aromatic heterocycles. The van der Waals surface area contributed by atoms with Crippen LogP contribution in [0.5, 0.6) is 5.75 Å². The lowest BCUT2D eigenvalue weighted by Crippen LogP contribution is -2.50. The minimum atomic E-state index is -0.409. The fourth-order valence-electron chi connectivity index (χ4n) is 3.76. The second kappa shape index (κ2) is 7.26. The normalized spacial score (nSPS) is 22.7. The molecule has 2 aromatic rings. The highest BCUT2D eigenvalue weighted by atomic mass is 19.1. The van der Waals surface area contributed by atoms with E-state index < -0.39 is 5.82 Å². The zero-order chi connectivity index (χ0) is 17.9. The van der Waals surface area contributed by atoms with E-state index in [1.54, 1.807) is 12.1 Å². The van der Waals surface area contributed by atoms with E-state index >= 15 is 0 Å². The summed E-state index contributed by atoms with van der Waals surface area (Å²) in [4.78, 5) is 12.8. The van der Waals surface area contributed by atoms with Gasteiger partial charge in [0, 0.05) is 38.1 Å². The molecule has 26 heavy (non-hydrogen) atoms. The van der Waals surface area contributed by atoms with Gasteiger partial charge in [0.1, 0.15) is 5.75 Å². The van der Waals surface area contributed by atoms with Crippen molar-refractivity contribution >= 4 is 5.95 Å². The monoisotopic (exact) mass is 353 g/mol. The van der Waals surface area contributed by atoms with Crippen molar-refractivity contribution in [3.8, 4) is 11.8 Å². The van der Waals surface area contributed by atoms with Gasteiger partial charge in [0.2, 0.25) is 5.95 Å². The van der Waals surface area contributed by atoms with Crippen LogP contribution in [0.25, 0.3) is 0 Å². The Morgan fingerprint density at radius 1 is 1.15 bits per heavy atom. The summed E-state index contributed by atoms with van der Waals surface area (Å²) in [7, 11) is 0. The summed E-state index contributed by atoms with van der Waals surface area (Å²) in [5, 5.41) is 8.84. The number of hydrogen-bond acceptors (Lipinski definition) is 6. The Morgan fingerprint density at radius 2 is 1.92 bits per heavy atom. The predicted octanol–water partition coefficient (Wildman–Crippen LogP) is 2.08. The van der Waals surface area contributed by atoms with Gasteiger partial charge in [-0.2, -0.15) is 5.26 Å². The fourth-order valence-corrected chi connectivity index (χ4v) is 3.76. The lowest BCUT2D eigenvalue weighted by atomic mass is 10.1. The second-order valence-corrected chi connectivity index (χ2v) is 6.84. The maximum absolute atomic E-state index is 13.0. The third-order valence-electron chi connectivity index (χ3n) is 5.06. The number of ether oxygens (including phenoxy) is 1. The smallest absolute Gasteiger partial charge is 0.225 e. The first-order valence-corrected chi connectivity index (χ1v) is 8.81. The molecule has 6 nitrogen and oxygen atoms in total. The maximum atomic E-state index is 13.0. The van der Waals surface area contributed by atoms with Crippen LogP contribution < -0.4 is 9.64 Å². The summed E-state index contributed by atoms with van der Waals surface area (Å²) >= 11 is 0. The Bertz CT molecular complexity index is 789. The van der Waals surface area contributed by atoms with E-state index in [1.165, 1.54) is 12.4 Å². The SMILES string of the molecule is N#Cc1ccc(OC[C@H]2C[C@H]3CN(c4ncc(F)cn4)CCN3C2)cc1. The van der Waals surface area contributed by atoms with Crippen molar-refractivity contribution < 1.29 is 9.13 Å². The highest BCUT2D eigenvalue weighted by molar-refractivity contribution is 5.34. The van der Waals surface area contributed by atoms with Gasteiger partial charge in [-0.05, 0) is 30.7 Å². The van der Waals surface area contributed by atoms with Crippen molar-refractivity contribution in [3.05, 3.63) is 48.0 Å². The number of nitriles is 1. The van der Waals surface area contributed by atoms with Gasteiger partial charge < -0.3 is 9.64 Å². The van der Waals surface area contributed by atoms with Crippen molar-refractivity contribution in [3.63, 3.8) is 0 Å². The van der Waals surface area contributed by atoms with Gasteiger partial charge in [0.05, 0.1) is 30.6 Å². The molecule has 0 bridgehead atoms. The molecule has 3 heterocycles. The van der Waals surface area contributed by atoms with Crippen LogP contribution in [0.1, 0.15) is 12.0 Å². The highest BCUT2D eigenvalue weighted by Crippen LogP contribution is 2.28. The van der Waals surface area contributed by atoms with Crippen LogP contribution in [0.15, 0.2) is 36.7 Å². The maximum Gasteiger partial charge on any atom is 0.225 e. The van der Waals surface area contributed by atoms with Gasteiger partial charge in [-0.1, -0.05) is 0 Å². The molecule has 7 heteroatoms. The lowest BCUT2D eigenvalue weighted by molar-refractivity contribution is 0.216. The number of rotatable bonds is 4. The topological polar surface area (TPSA) is 65.3 Å². The van der Waals surface area contributed by atoms with Crippen molar-refractivity contribution in [1.29, 1.82) is 5.26 Å². The molecule has 2 aliphatic heterocycles. The summed E-state index contributed by atoms with van der Waals surface area (Å²) < 4.78 is 18.9. The van der Waals surface area contributed by atoms with Crippen LogP contribution in [0.4, 0.5) is 10.3 Å². The Labute approximate surface area is 151 Å². The molecule has 0 radical (unpaired) electrons. The van der Waals surface area contributed by atoms with Gasteiger partial charge in [0.25, 0.3) is 0 Å². The van der Waals surface area contributed by atoms with E-state index in [0.717, 1.165) is 38.3 Å². The van der Waals surface area contributed by atoms with E-state index in [2.05, 4.69) is 25.8 Å². The molecule has 0 aliphatic carbocycles. The van der Waals surface area contributed by atoms with Crippen LogP contribution in [0.3, 0.4) is 0 Å². The summed E-state index contributed by atoms with van der Waals surface area (Å²) in [6.07, 6.45) is 3.50. The summed E-state index contributed by atoms with van der Waals surface area (Å²) in [6.45, 7) is 4.37. The molecule has 4 rings (SSSR count). The van der Waals surface area contributed by atoms with E-state index in [-0.39, 0.29) is 0 Å². The molecule has 1 aromatic carbocycles. The molecule has 0 amide bonds. The number of aromatic nitrogens is 2. The first-order chi connectivity index (χ1) is 12.7. The molecule has 2 saturated heterocycles. The van der Waals surface area contributed by atoms with Crippen LogP contribution in [-0.4, -0.2) is 53.7 Å². The summed E-state index contributed by atoms with van der Waals surface area (Å²) in [5.41, 5.74) is 0.637. The molecule has 0 unspecified atom stereocenters. The number of halogens is 1. The largest absolute Gasteiger partial charge is 0.493 e. The van der Waals surface area contributed by atoms with Crippen molar-refractivity contribution in [2.45, 2.75) is 12.5 Å². The Morgan fingerprint density at radius 3 is 2.65 bits per heavy atom. The standard InChI is InChI=1S/C19H20FN5O/c20-16-9-22-19(23-10-16)25-6-5-24-11-15(7-17(24)12-25)13-26-18-3-1-14(8-21)2-4-18/h1-4,9-10,15,17H,5-7,11-13H2/t15-,17-/m0/s1. The van der Waals surface area contributed by atoms with Gasteiger partial charge in [0.15, 0.2) is 5.82 Å². The average Bonchev–Trinajstić information content (AvgIpc) is 3.09. The van der Waals surface area contributed by atoms with Crippen molar-refractivity contribution in [1.82, 2.24) is 14.9 Å². The van der Waals surface area contributed by atoms with Crippen LogP contribution in [0, 0.1) is 23.1 Å². The lowest BCUT2D eigenvalue weighted by Gasteiger charge is -2.37. The summed E-state index contributed by atoms with van der Waals surface area (Å²) in [6, 6.07) is 9.79. The third kappa shape index (κ3) is 3.60. The average molecular weight is 353 g/mol. The van der Waals surface area contributed by atoms with Crippen LogP contribution in [0.2, 0.25) is 0 Å². The number of anilines is 1. The first kappa shape index (κ1) is 16.7. The highest BCUT2D eigenvalue weighted by Gasteiger charge is 2.37. The zero-order valence-electron chi connectivity index (χ0n) is 14.4. The van der Waals surface area contributed by atoms with Gasteiger partial charge >= 0.3 is 0 Å². The molecule has 0 N–H and O–H groups in total. The van der Waals surface area contributed by atoms with E-state index in [1.807, 2.05) is 12.1 Å². The number of hydrogen-bond donors (Lipinski definition) is 0. The second-order valence-electron chi connectivity index (χ2n) is 6.84. The van der Waals surface area contributed by atoms with E-state index in [4.69, 9.17) is 10.00 Å². The molecule has 134 valence electrons. The van der Waals surface area contributed by atoms with E-state index in [0.29, 0.717) is 30.1 Å². The van der Waals surface area contributed by atoms with Gasteiger partial charge in [-0.25, -0.2) is 14.4 Å². The van der Waals surface area contributed by atoms with Crippen molar-refractivity contribution in [2.24, 2.45) is 5.92 Å². The van der Waals surface area contributed by atoms with E-state index in [9.17, 15) is 4.39 Å². The number of benzene rings is 1. The predicted molar refractivity (Wildman–Crippen MR) is 94.3 cm³/mol. The number of piperazine rings is 1. The van der Waals surface area contributed by atoms with Gasteiger partial charge in [-0.3, -0.25) is 4.90 Å². The molecule has 2 aliphatic rings. The fraction of sp³-hybridized carbons (Fsp3) is 0.421.